The molecule has 4 rings (SSSR count). The predicted molar refractivity (Wildman–Crippen MR) is 94.4 cm³/mol. The molecule has 0 bridgehead atoms. The van der Waals surface area contributed by atoms with Crippen molar-refractivity contribution >= 4 is 21.7 Å². The Morgan fingerprint density at radius 3 is 2.41 bits per heavy atom. The lowest BCUT2D eigenvalue weighted by Crippen LogP contribution is -2.60. The molecular weight excluding hydrogens is 356 g/mol. The minimum absolute atomic E-state index is 0.227. The van der Waals surface area contributed by atoms with Crippen LogP contribution < -0.4 is 10.4 Å². The number of benzene rings is 2. The average molecular weight is 374 g/mol. The monoisotopic (exact) mass is 374 g/mol. The van der Waals surface area contributed by atoms with E-state index in [0.29, 0.717) is 16.4 Å². The molecule has 142 valence electrons. The van der Waals surface area contributed by atoms with Gasteiger partial charge < -0.3 is 34.3 Å². The topological polar surface area (TPSA) is 130 Å². The highest BCUT2D eigenvalue weighted by Crippen LogP contribution is 2.29. The van der Waals surface area contributed by atoms with Gasteiger partial charge in [-0.15, -0.1) is 0 Å². The number of aliphatic hydroxyl groups excluding tert-OH is 4. The van der Waals surface area contributed by atoms with Crippen molar-refractivity contribution in [3.63, 3.8) is 0 Å². The first-order valence-electron chi connectivity index (χ1n) is 8.42. The summed E-state index contributed by atoms with van der Waals surface area (Å²) < 4.78 is 16.2. The van der Waals surface area contributed by atoms with Crippen molar-refractivity contribution < 1.29 is 34.3 Å². The molecule has 0 unspecified atom stereocenters. The van der Waals surface area contributed by atoms with Gasteiger partial charge in [-0.25, -0.2) is 4.79 Å². The summed E-state index contributed by atoms with van der Waals surface area (Å²) in [6, 6.07) is 11.9. The molecule has 0 saturated carbocycles. The van der Waals surface area contributed by atoms with E-state index in [2.05, 4.69) is 0 Å². The molecule has 5 atom stereocenters. The maximum atomic E-state index is 12.1. The number of hydrogen-bond acceptors (Lipinski definition) is 8. The van der Waals surface area contributed by atoms with Gasteiger partial charge in [0.15, 0.2) is 0 Å². The van der Waals surface area contributed by atoms with Gasteiger partial charge in [0.2, 0.25) is 6.29 Å². The number of rotatable bonds is 3. The normalized spacial score (nSPS) is 28.5. The Morgan fingerprint density at radius 1 is 0.926 bits per heavy atom. The fourth-order valence-corrected chi connectivity index (χ4v) is 3.23. The van der Waals surface area contributed by atoms with Crippen molar-refractivity contribution in [3.05, 3.63) is 52.9 Å². The van der Waals surface area contributed by atoms with E-state index in [0.717, 1.165) is 5.39 Å². The zero-order chi connectivity index (χ0) is 19.1. The smallest absolute Gasteiger partial charge is 0.344 e. The Hall–Kier alpha value is -2.49. The van der Waals surface area contributed by atoms with E-state index in [9.17, 15) is 25.2 Å². The van der Waals surface area contributed by atoms with Gasteiger partial charge >= 0.3 is 5.63 Å². The third kappa shape index (κ3) is 3.07. The number of aliphatic hydroxyl groups is 4. The predicted octanol–water partition coefficient (Wildman–Crippen LogP) is 0.125. The van der Waals surface area contributed by atoms with Crippen molar-refractivity contribution in [2.75, 3.05) is 6.61 Å². The van der Waals surface area contributed by atoms with Crippen LogP contribution in [0.25, 0.3) is 21.7 Å². The Labute approximate surface area is 152 Å². The second-order valence-electron chi connectivity index (χ2n) is 6.41. The first kappa shape index (κ1) is 17.9. The molecule has 4 N–H and O–H groups in total. The summed E-state index contributed by atoms with van der Waals surface area (Å²) in [5.74, 6) is 0.227. The molecule has 2 aromatic carbocycles. The quantitative estimate of drug-likeness (QED) is 0.376. The van der Waals surface area contributed by atoms with Gasteiger partial charge in [-0.2, -0.15) is 0 Å². The summed E-state index contributed by atoms with van der Waals surface area (Å²) in [7, 11) is 0. The average Bonchev–Trinajstić information content (AvgIpc) is 2.68. The van der Waals surface area contributed by atoms with E-state index in [1.807, 2.05) is 12.1 Å². The van der Waals surface area contributed by atoms with Gasteiger partial charge in [-0.05, 0) is 23.6 Å². The molecular formula is C19H18O8. The molecule has 8 nitrogen and oxygen atoms in total. The third-order valence-corrected chi connectivity index (χ3v) is 4.69. The zero-order valence-corrected chi connectivity index (χ0v) is 14.1. The van der Waals surface area contributed by atoms with Crippen LogP contribution in [-0.4, -0.2) is 57.7 Å². The number of hydrogen-bond donors (Lipinski definition) is 4. The third-order valence-electron chi connectivity index (χ3n) is 4.69. The molecule has 1 saturated heterocycles. The van der Waals surface area contributed by atoms with E-state index < -0.39 is 42.9 Å². The van der Waals surface area contributed by atoms with Crippen molar-refractivity contribution in [1.82, 2.24) is 0 Å². The Kier molecular flexibility index (Phi) is 4.58. The largest absolute Gasteiger partial charge is 0.462 e. The van der Waals surface area contributed by atoms with Crippen molar-refractivity contribution in [2.45, 2.75) is 30.7 Å². The van der Waals surface area contributed by atoms with Crippen LogP contribution >= 0.6 is 0 Å². The molecule has 0 aliphatic carbocycles. The molecule has 0 spiro atoms. The Balaban J connectivity index is 1.68. The zero-order valence-electron chi connectivity index (χ0n) is 14.1. The van der Waals surface area contributed by atoms with Gasteiger partial charge in [-0.1, -0.05) is 18.2 Å². The highest BCUT2D eigenvalue weighted by Gasteiger charge is 2.44. The summed E-state index contributed by atoms with van der Waals surface area (Å²) in [4.78, 5) is 12.1. The molecule has 1 aliphatic rings. The fraction of sp³-hybridized carbons (Fsp3) is 0.316. The SMILES string of the molecule is O=c1oc2cc(O[C@H]3O[C@@H](CO)[C@H](O)[C@@H](O)[C@@H]3O)ccc2c2ccccc12. The van der Waals surface area contributed by atoms with Crippen LogP contribution in [0, 0.1) is 0 Å². The Morgan fingerprint density at radius 2 is 1.67 bits per heavy atom. The molecule has 27 heavy (non-hydrogen) atoms. The molecule has 1 aliphatic heterocycles. The van der Waals surface area contributed by atoms with Crippen molar-refractivity contribution in [1.29, 1.82) is 0 Å². The summed E-state index contributed by atoms with van der Waals surface area (Å²) in [5, 5.41) is 40.9. The van der Waals surface area contributed by atoms with Crippen molar-refractivity contribution in [2.24, 2.45) is 0 Å². The van der Waals surface area contributed by atoms with Crippen LogP contribution in [0.2, 0.25) is 0 Å². The van der Waals surface area contributed by atoms with E-state index in [1.54, 1.807) is 24.3 Å². The second-order valence-corrected chi connectivity index (χ2v) is 6.41. The van der Waals surface area contributed by atoms with Crippen LogP contribution in [0.5, 0.6) is 5.75 Å². The lowest BCUT2D eigenvalue weighted by molar-refractivity contribution is -0.277. The summed E-state index contributed by atoms with van der Waals surface area (Å²) >= 11 is 0. The first-order valence-corrected chi connectivity index (χ1v) is 8.42. The first-order chi connectivity index (χ1) is 13.0. The van der Waals surface area contributed by atoms with Gasteiger partial charge in [0.25, 0.3) is 0 Å². The molecule has 8 heteroatoms. The number of fused-ring (bicyclic) bond motifs is 3. The molecule has 1 fully saturated rings. The summed E-state index contributed by atoms with van der Waals surface area (Å²) in [6.07, 6.45) is -6.92. The van der Waals surface area contributed by atoms with Crippen LogP contribution in [0.3, 0.4) is 0 Å². The molecule has 2 heterocycles. The highest BCUT2D eigenvalue weighted by molar-refractivity contribution is 6.04. The van der Waals surface area contributed by atoms with Gasteiger partial charge in [0.05, 0.1) is 12.0 Å². The van der Waals surface area contributed by atoms with Crippen LogP contribution in [0.4, 0.5) is 0 Å². The Bertz CT molecular complexity index is 1030. The maximum Gasteiger partial charge on any atom is 0.344 e. The maximum absolute atomic E-state index is 12.1. The molecule has 1 aromatic heterocycles. The lowest BCUT2D eigenvalue weighted by atomic mass is 9.99. The van der Waals surface area contributed by atoms with Crippen molar-refractivity contribution in [3.8, 4) is 5.75 Å². The van der Waals surface area contributed by atoms with Crippen LogP contribution in [0.1, 0.15) is 0 Å². The van der Waals surface area contributed by atoms with E-state index in [4.69, 9.17) is 13.9 Å². The van der Waals surface area contributed by atoms with E-state index >= 15 is 0 Å². The van der Waals surface area contributed by atoms with Crippen LogP contribution in [0.15, 0.2) is 51.7 Å². The lowest BCUT2D eigenvalue weighted by Gasteiger charge is -2.39. The van der Waals surface area contributed by atoms with E-state index in [1.165, 1.54) is 6.07 Å². The second kappa shape index (κ2) is 6.91. The molecule has 0 radical (unpaired) electrons. The van der Waals surface area contributed by atoms with Gasteiger partial charge in [-0.3, -0.25) is 0 Å². The molecule has 0 amide bonds. The standard InChI is InChI=1S/C19H18O8/c20-8-14-15(21)16(22)17(23)19(27-14)25-9-5-6-11-10-3-1-2-4-12(10)18(24)26-13(11)7-9/h1-7,14-17,19-23H,8H2/t14-,15-,16+,17-,19-/m0/s1. The molecule has 3 aromatic rings. The van der Waals surface area contributed by atoms with Gasteiger partial charge in [0.1, 0.15) is 35.7 Å². The highest BCUT2D eigenvalue weighted by atomic mass is 16.7. The minimum atomic E-state index is -1.54. The van der Waals surface area contributed by atoms with E-state index in [-0.39, 0.29) is 5.75 Å². The minimum Gasteiger partial charge on any atom is -0.462 e. The van der Waals surface area contributed by atoms with Crippen LogP contribution in [-0.2, 0) is 4.74 Å². The summed E-state index contributed by atoms with van der Waals surface area (Å²) in [5.41, 5.74) is -0.191. The summed E-state index contributed by atoms with van der Waals surface area (Å²) in [6.45, 7) is -0.552. The number of ether oxygens (including phenoxy) is 2. The van der Waals surface area contributed by atoms with Gasteiger partial charge in [0, 0.05) is 11.5 Å². The fourth-order valence-electron chi connectivity index (χ4n) is 3.23.